The highest BCUT2D eigenvalue weighted by molar-refractivity contribution is 5.92. The second kappa shape index (κ2) is 5.86. The van der Waals surface area contributed by atoms with Crippen LogP contribution in [-0.4, -0.2) is 27.6 Å². The molecule has 0 unspecified atom stereocenters. The number of rotatable bonds is 4. The van der Waals surface area contributed by atoms with Crippen LogP contribution in [0.3, 0.4) is 0 Å². The molecule has 1 N–H and O–H groups in total. The van der Waals surface area contributed by atoms with Crippen molar-refractivity contribution in [2.45, 2.75) is 13.3 Å². The third-order valence-corrected chi connectivity index (χ3v) is 2.36. The number of hydrogen-bond acceptors (Lipinski definition) is 4. The molecule has 0 saturated carbocycles. The lowest BCUT2D eigenvalue weighted by Crippen LogP contribution is -2.25. The molecule has 2 aromatic rings. The lowest BCUT2D eigenvalue weighted by atomic mass is 10.2. The minimum absolute atomic E-state index is 0.197. The van der Waals surface area contributed by atoms with Crippen molar-refractivity contribution in [3.8, 4) is 11.4 Å². The maximum Gasteiger partial charge on any atom is 0.271 e. The number of carbonyl (C=O) groups excluding carboxylic acids is 1. The quantitative estimate of drug-likeness (QED) is 0.885. The molecule has 0 aliphatic rings. The number of pyridine rings is 1. The molecule has 5 heteroatoms. The minimum Gasteiger partial charge on any atom is -0.351 e. The van der Waals surface area contributed by atoms with E-state index in [1.54, 1.807) is 18.3 Å². The first-order valence-electron chi connectivity index (χ1n) is 5.84. The molecular weight excluding hydrogens is 228 g/mol. The number of aromatic nitrogens is 3. The lowest BCUT2D eigenvalue weighted by molar-refractivity contribution is 0.0947. The van der Waals surface area contributed by atoms with E-state index in [1.807, 2.05) is 25.1 Å². The predicted octanol–water partition coefficient (Wildman–Crippen LogP) is 1.68. The first kappa shape index (κ1) is 12.2. The van der Waals surface area contributed by atoms with Gasteiger partial charge in [-0.25, -0.2) is 0 Å². The fourth-order valence-electron chi connectivity index (χ4n) is 1.43. The number of nitrogens with zero attached hydrogens (tertiary/aromatic N) is 3. The van der Waals surface area contributed by atoms with E-state index in [9.17, 15) is 4.79 Å². The molecule has 0 aromatic carbocycles. The van der Waals surface area contributed by atoms with E-state index in [4.69, 9.17) is 0 Å². The standard InChI is InChI=1S/C13H14N4O/c1-2-8-15-13(18)12-7-6-11(16-17-12)10-5-3-4-9-14-10/h3-7,9H,2,8H2,1H3,(H,15,18). The highest BCUT2D eigenvalue weighted by Crippen LogP contribution is 2.11. The SMILES string of the molecule is CCCNC(=O)c1ccc(-c2ccccn2)nn1. The van der Waals surface area contributed by atoms with Crippen molar-refractivity contribution in [2.75, 3.05) is 6.54 Å². The molecule has 1 amide bonds. The van der Waals surface area contributed by atoms with E-state index in [2.05, 4.69) is 20.5 Å². The van der Waals surface area contributed by atoms with Crippen molar-refractivity contribution in [3.05, 3.63) is 42.2 Å². The zero-order valence-electron chi connectivity index (χ0n) is 10.1. The summed E-state index contributed by atoms with van der Waals surface area (Å²) in [5, 5.41) is 10.7. The zero-order chi connectivity index (χ0) is 12.8. The zero-order valence-corrected chi connectivity index (χ0v) is 10.1. The van der Waals surface area contributed by atoms with Gasteiger partial charge in [0.2, 0.25) is 0 Å². The van der Waals surface area contributed by atoms with Crippen molar-refractivity contribution in [1.29, 1.82) is 0 Å². The lowest BCUT2D eigenvalue weighted by Gasteiger charge is -2.03. The largest absolute Gasteiger partial charge is 0.351 e. The fraction of sp³-hybridized carbons (Fsp3) is 0.231. The Labute approximate surface area is 105 Å². The molecule has 2 rings (SSSR count). The van der Waals surface area contributed by atoms with Crippen LogP contribution in [0.1, 0.15) is 23.8 Å². The topological polar surface area (TPSA) is 67.8 Å². The Hall–Kier alpha value is -2.30. The van der Waals surface area contributed by atoms with Crippen molar-refractivity contribution in [1.82, 2.24) is 20.5 Å². The second-order valence-electron chi connectivity index (χ2n) is 3.77. The molecule has 0 atom stereocenters. The Morgan fingerprint density at radius 1 is 1.17 bits per heavy atom. The molecule has 18 heavy (non-hydrogen) atoms. The van der Waals surface area contributed by atoms with Gasteiger partial charge in [-0.15, -0.1) is 10.2 Å². The summed E-state index contributed by atoms with van der Waals surface area (Å²) in [5.74, 6) is -0.197. The fourth-order valence-corrected chi connectivity index (χ4v) is 1.43. The normalized spacial score (nSPS) is 10.1. The van der Waals surface area contributed by atoms with Gasteiger partial charge < -0.3 is 5.32 Å². The van der Waals surface area contributed by atoms with Crippen LogP contribution in [0.15, 0.2) is 36.5 Å². The summed E-state index contributed by atoms with van der Waals surface area (Å²) >= 11 is 0. The van der Waals surface area contributed by atoms with E-state index in [0.29, 0.717) is 17.9 Å². The van der Waals surface area contributed by atoms with Crippen LogP contribution in [0.2, 0.25) is 0 Å². The number of carbonyl (C=O) groups is 1. The maximum absolute atomic E-state index is 11.6. The highest BCUT2D eigenvalue weighted by atomic mass is 16.1. The summed E-state index contributed by atoms with van der Waals surface area (Å²) < 4.78 is 0. The molecule has 2 aromatic heterocycles. The average molecular weight is 242 g/mol. The minimum atomic E-state index is -0.197. The molecule has 0 fully saturated rings. The van der Waals surface area contributed by atoms with Crippen molar-refractivity contribution >= 4 is 5.91 Å². The second-order valence-corrected chi connectivity index (χ2v) is 3.77. The summed E-state index contributed by atoms with van der Waals surface area (Å²) in [7, 11) is 0. The third-order valence-electron chi connectivity index (χ3n) is 2.36. The first-order chi connectivity index (χ1) is 8.81. The van der Waals surface area contributed by atoms with Gasteiger partial charge in [0, 0.05) is 12.7 Å². The van der Waals surface area contributed by atoms with Gasteiger partial charge in [-0.3, -0.25) is 9.78 Å². The highest BCUT2D eigenvalue weighted by Gasteiger charge is 2.08. The molecular formula is C13H14N4O. The van der Waals surface area contributed by atoms with Crippen LogP contribution >= 0.6 is 0 Å². The third kappa shape index (κ3) is 2.88. The molecule has 2 heterocycles. The van der Waals surface area contributed by atoms with Crippen LogP contribution in [0, 0.1) is 0 Å². The monoisotopic (exact) mass is 242 g/mol. The smallest absolute Gasteiger partial charge is 0.271 e. The van der Waals surface area contributed by atoms with Crippen molar-refractivity contribution in [3.63, 3.8) is 0 Å². The van der Waals surface area contributed by atoms with Gasteiger partial charge in [-0.05, 0) is 30.7 Å². The van der Waals surface area contributed by atoms with Crippen LogP contribution in [0.4, 0.5) is 0 Å². The molecule has 0 radical (unpaired) electrons. The van der Waals surface area contributed by atoms with Gasteiger partial charge in [-0.1, -0.05) is 13.0 Å². The molecule has 0 spiro atoms. The first-order valence-corrected chi connectivity index (χ1v) is 5.84. The van der Waals surface area contributed by atoms with E-state index in [-0.39, 0.29) is 5.91 Å². The van der Waals surface area contributed by atoms with E-state index in [0.717, 1.165) is 12.1 Å². The maximum atomic E-state index is 11.6. The molecule has 0 saturated heterocycles. The van der Waals surface area contributed by atoms with Crippen LogP contribution < -0.4 is 5.32 Å². The average Bonchev–Trinajstić information content (AvgIpc) is 2.46. The van der Waals surface area contributed by atoms with E-state index in [1.165, 1.54) is 0 Å². The van der Waals surface area contributed by atoms with Gasteiger partial charge in [0.1, 0.15) is 5.69 Å². The van der Waals surface area contributed by atoms with Crippen molar-refractivity contribution in [2.24, 2.45) is 0 Å². The van der Waals surface area contributed by atoms with Gasteiger partial charge in [0.25, 0.3) is 5.91 Å². The van der Waals surface area contributed by atoms with Gasteiger partial charge in [0.15, 0.2) is 5.69 Å². The van der Waals surface area contributed by atoms with E-state index >= 15 is 0 Å². The predicted molar refractivity (Wildman–Crippen MR) is 67.9 cm³/mol. The Kier molecular flexibility index (Phi) is 3.96. The van der Waals surface area contributed by atoms with Crippen LogP contribution in [0.25, 0.3) is 11.4 Å². The van der Waals surface area contributed by atoms with Gasteiger partial charge in [0.05, 0.1) is 5.69 Å². The van der Waals surface area contributed by atoms with Crippen molar-refractivity contribution < 1.29 is 4.79 Å². The van der Waals surface area contributed by atoms with Crippen LogP contribution in [0.5, 0.6) is 0 Å². The summed E-state index contributed by atoms with van der Waals surface area (Å²) in [5.41, 5.74) is 1.72. The Morgan fingerprint density at radius 3 is 2.67 bits per heavy atom. The Morgan fingerprint density at radius 2 is 2.06 bits per heavy atom. The van der Waals surface area contributed by atoms with Gasteiger partial charge >= 0.3 is 0 Å². The summed E-state index contributed by atoms with van der Waals surface area (Å²) in [6.45, 7) is 2.64. The Balaban J connectivity index is 2.13. The summed E-state index contributed by atoms with van der Waals surface area (Å²) in [6, 6.07) is 8.97. The molecule has 92 valence electrons. The molecule has 5 nitrogen and oxygen atoms in total. The Bertz CT molecular complexity index is 510. The van der Waals surface area contributed by atoms with Gasteiger partial charge in [-0.2, -0.15) is 0 Å². The molecule has 0 bridgehead atoms. The summed E-state index contributed by atoms with van der Waals surface area (Å²) in [6.07, 6.45) is 2.59. The molecule has 0 aliphatic heterocycles. The molecule has 0 aliphatic carbocycles. The number of hydrogen-bond donors (Lipinski definition) is 1. The van der Waals surface area contributed by atoms with E-state index < -0.39 is 0 Å². The summed E-state index contributed by atoms with van der Waals surface area (Å²) in [4.78, 5) is 15.8. The number of amides is 1. The van der Waals surface area contributed by atoms with Crippen LogP contribution in [-0.2, 0) is 0 Å². The number of nitrogens with one attached hydrogen (secondary N) is 1.